The van der Waals surface area contributed by atoms with Gasteiger partial charge in [-0.25, -0.2) is 0 Å². The summed E-state index contributed by atoms with van der Waals surface area (Å²) in [5, 5.41) is 3.40. The maximum absolute atomic E-state index is 5.28. The van der Waals surface area contributed by atoms with E-state index in [1.807, 2.05) is 19.2 Å². The lowest BCUT2D eigenvalue weighted by atomic mass is 9.95. The summed E-state index contributed by atoms with van der Waals surface area (Å²) in [7, 11) is 3.72. The van der Waals surface area contributed by atoms with Crippen molar-refractivity contribution in [1.82, 2.24) is 5.32 Å². The molecule has 2 heteroatoms. The first-order valence-corrected chi connectivity index (χ1v) is 6.60. The van der Waals surface area contributed by atoms with E-state index in [1.54, 1.807) is 7.11 Å². The Hall–Kier alpha value is -1.80. The molecule has 0 saturated carbocycles. The standard InChI is InChI=1S/C17H21NO/c1-13-7-4-5-10-16(13)17(18-2)12-14-8-6-9-15(11-14)19-3/h4-11,17-18H,12H2,1-3H3. The van der Waals surface area contributed by atoms with Gasteiger partial charge in [-0.05, 0) is 49.2 Å². The molecule has 100 valence electrons. The van der Waals surface area contributed by atoms with Crippen molar-refractivity contribution >= 4 is 0 Å². The lowest BCUT2D eigenvalue weighted by Gasteiger charge is -2.19. The van der Waals surface area contributed by atoms with Gasteiger partial charge < -0.3 is 10.1 Å². The summed E-state index contributed by atoms with van der Waals surface area (Å²) in [5.41, 5.74) is 3.96. The maximum atomic E-state index is 5.28. The van der Waals surface area contributed by atoms with Crippen molar-refractivity contribution in [2.24, 2.45) is 0 Å². The number of rotatable bonds is 5. The maximum Gasteiger partial charge on any atom is 0.119 e. The van der Waals surface area contributed by atoms with Gasteiger partial charge in [0.15, 0.2) is 0 Å². The van der Waals surface area contributed by atoms with E-state index in [0.29, 0.717) is 6.04 Å². The second kappa shape index (κ2) is 6.39. The normalized spacial score (nSPS) is 12.2. The highest BCUT2D eigenvalue weighted by Crippen LogP contribution is 2.23. The van der Waals surface area contributed by atoms with Gasteiger partial charge in [0.1, 0.15) is 5.75 Å². The fraction of sp³-hybridized carbons (Fsp3) is 0.294. The molecular formula is C17H21NO. The summed E-state index contributed by atoms with van der Waals surface area (Å²) < 4.78 is 5.28. The Morgan fingerprint density at radius 1 is 1.11 bits per heavy atom. The minimum absolute atomic E-state index is 0.327. The summed E-state index contributed by atoms with van der Waals surface area (Å²) in [6, 6.07) is 17.1. The van der Waals surface area contributed by atoms with Gasteiger partial charge in [0, 0.05) is 6.04 Å². The van der Waals surface area contributed by atoms with Crippen LogP contribution in [0.3, 0.4) is 0 Å². The molecule has 0 aliphatic rings. The zero-order valence-electron chi connectivity index (χ0n) is 11.8. The molecule has 0 heterocycles. The molecule has 0 spiro atoms. The van der Waals surface area contributed by atoms with Crippen molar-refractivity contribution in [3.63, 3.8) is 0 Å². The van der Waals surface area contributed by atoms with Crippen LogP contribution in [0.1, 0.15) is 22.7 Å². The zero-order valence-corrected chi connectivity index (χ0v) is 11.8. The van der Waals surface area contributed by atoms with E-state index in [1.165, 1.54) is 16.7 Å². The van der Waals surface area contributed by atoms with Crippen molar-refractivity contribution < 1.29 is 4.74 Å². The number of nitrogens with one attached hydrogen (secondary N) is 1. The highest BCUT2D eigenvalue weighted by atomic mass is 16.5. The summed E-state index contributed by atoms with van der Waals surface area (Å²) in [5.74, 6) is 0.914. The van der Waals surface area contributed by atoms with Crippen LogP contribution in [0.5, 0.6) is 5.75 Å². The zero-order chi connectivity index (χ0) is 13.7. The number of methoxy groups -OCH3 is 1. The average molecular weight is 255 g/mol. The Bertz CT molecular complexity index is 536. The summed E-state index contributed by atoms with van der Waals surface area (Å²) >= 11 is 0. The van der Waals surface area contributed by atoms with Crippen molar-refractivity contribution in [3.05, 3.63) is 65.2 Å². The number of hydrogen-bond acceptors (Lipinski definition) is 2. The molecule has 2 aromatic carbocycles. The van der Waals surface area contributed by atoms with E-state index in [9.17, 15) is 0 Å². The molecule has 1 unspecified atom stereocenters. The Morgan fingerprint density at radius 2 is 1.89 bits per heavy atom. The highest BCUT2D eigenvalue weighted by molar-refractivity contribution is 5.33. The molecule has 2 rings (SSSR count). The Balaban J connectivity index is 2.21. The molecular weight excluding hydrogens is 234 g/mol. The van der Waals surface area contributed by atoms with E-state index >= 15 is 0 Å². The van der Waals surface area contributed by atoms with Crippen LogP contribution in [0, 0.1) is 6.92 Å². The van der Waals surface area contributed by atoms with Crippen LogP contribution in [0.4, 0.5) is 0 Å². The topological polar surface area (TPSA) is 21.3 Å². The highest BCUT2D eigenvalue weighted by Gasteiger charge is 2.12. The molecule has 0 amide bonds. The number of likely N-dealkylation sites (N-methyl/N-ethyl adjacent to an activating group) is 1. The molecule has 2 aromatic rings. The predicted octanol–water partition coefficient (Wildman–Crippen LogP) is 3.51. The number of aryl methyl sites for hydroxylation is 1. The smallest absolute Gasteiger partial charge is 0.119 e. The first-order chi connectivity index (χ1) is 9.24. The van der Waals surface area contributed by atoms with Crippen LogP contribution in [0.25, 0.3) is 0 Å². The Labute approximate surface area is 115 Å². The SMILES string of the molecule is CNC(Cc1cccc(OC)c1)c1ccccc1C. The van der Waals surface area contributed by atoms with E-state index in [4.69, 9.17) is 4.74 Å². The predicted molar refractivity (Wildman–Crippen MR) is 79.7 cm³/mol. The van der Waals surface area contributed by atoms with Gasteiger partial charge in [-0.1, -0.05) is 36.4 Å². The number of benzene rings is 2. The number of ether oxygens (including phenoxy) is 1. The van der Waals surface area contributed by atoms with Gasteiger partial charge in [-0.15, -0.1) is 0 Å². The third-order valence-corrected chi connectivity index (χ3v) is 3.49. The van der Waals surface area contributed by atoms with Crippen molar-refractivity contribution in [1.29, 1.82) is 0 Å². The van der Waals surface area contributed by atoms with E-state index in [2.05, 4.69) is 48.6 Å². The Morgan fingerprint density at radius 3 is 2.58 bits per heavy atom. The first kappa shape index (κ1) is 13.6. The van der Waals surface area contributed by atoms with Crippen LogP contribution >= 0.6 is 0 Å². The fourth-order valence-electron chi connectivity index (χ4n) is 2.38. The third kappa shape index (κ3) is 3.36. The fourth-order valence-corrected chi connectivity index (χ4v) is 2.38. The van der Waals surface area contributed by atoms with Gasteiger partial charge >= 0.3 is 0 Å². The van der Waals surface area contributed by atoms with Crippen LogP contribution in [0.2, 0.25) is 0 Å². The second-order valence-electron chi connectivity index (χ2n) is 4.75. The van der Waals surface area contributed by atoms with Crippen LogP contribution in [0.15, 0.2) is 48.5 Å². The van der Waals surface area contributed by atoms with Gasteiger partial charge in [0.05, 0.1) is 7.11 Å². The molecule has 0 aromatic heterocycles. The minimum atomic E-state index is 0.327. The first-order valence-electron chi connectivity index (χ1n) is 6.60. The van der Waals surface area contributed by atoms with Gasteiger partial charge in [-0.2, -0.15) is 0 Å². The summed E-state index contributed by atoms with van der Waals surface area (Å²) in [6.07, 6.45) is 0.957. The second-order valence-corrected chi connectivity index (χ2v) is 4.75. The molecule has 0 aliphatic carbocycles. The average Bonchev–Trinajstić information content (AvgIpc) is 2.46. The van der Waals surface area contributed by atoms with E-state index in [-0.39, 0.29) is 0 Å². The lowest BCUT2D eigenvalue weighted by molar-refractivity contribution is 0.414. The Kier molecular flexibility index (Phi) is 4.58. The molecule has 0 aliphatic heterocycles. The van der Waals surface area contributed by atoms with Crippen LogP contribution < -0.4 is 10.1 Å². The molecule has 1 N–H and O–H groups in total. The third-order valence-electron chi connectivity index (χ3n) is 3.49. The minimum Gasteiger partial charge on any atom is -0.497 e. The molecule has 0 fully saturated rings. The van der Waals surface area contributed by atoms with E-state index in [0.717, 1.165) is 12.2 Å². The molecule has 19 heavy (non-hydrogen) atoms. The monoisotopic (exact) mass is 255 g/mol. The molecule has 2 nitrogen and oxygen atoms in total. The van der Waals surface area contributed by atoms with Crippen molar-refractivity contribution in [2.75, 3.05) is 14.2 Å². The molecule has 0 saturated heterocycles. The molecule has 0 radical (unpaired) electrons. The van der Waals surface area contributed by atoms with Gasteiger partial charge in [-0.3, -0.25) is 0 Å². The van der Waals surface area contributed by atoms with Crippen molar-refractivity contribution in [3.8, 4) is 5.75 Å². The summed E-state index contributed by atoms with van der Waals surface area (Å²) in [6.45, 7) is 2.16. The quantitative estimate of drug-likeness (QED) is 0.883. The lowest BCUT2D eigenvalue weighted by Crippen LogP contribution is -2.19. The van der Waals surface area contributed by atoms with Gasteiger partial charge in [0.25, 0.3) is 0 Å². The van der Waals surface area contributed by atoms with E-state index < -0.39 is 0 Å². The summed E-state index contributed by atoms with van der Waals surface area (Å²) in [4.78, 5) is 0. The molecule has 0 bridgehead atoms. The molecule has 1 atom stereocenters. The number of hydrogen-bond donors (Lipinski definition) is 1. The van der Waals surface area contributed by atoms with Crippen LogP contribution in [-0.4, -0.2) is 14.2 Å². The largest absolute Gasteiger partial charge is 0.497 e. The van der Waals surface area contributed by atoms with Crippen LogP contribution in [-0.2, 0) is 6.42 Å². The van der Waals surface area contributed by atoms with Crippen molar-refractivity contribution in [2.45, 2.75) is 19.4 Å². The van der Waals surface area contributed by atoms with Gasteiger partial charge in [0.2, 0.25) is 0 Å².